The maximum Gasteiger partial charge on any atom is 0.417 e. The second kappa shape index (κ2) is 4.58. The number of benzene rings is 1. The van der Waals surface area contributed by atoms with E-state index in [2.05, 4.69) is 10.1 Å². The van der Waals surface area contributed by atoms with E-state index in [-0.39, 0.29) is 0 Å². The molecule has 0 atom stereocenters. The molecule has 0 unspecified atom stereocenters. The molecule has 4 rings (SSSR count). The average Bonchev–Trinajstić information content (AvgIpc) is 3.12. The Balaban J connectivity index is 2.09. The minimum atomic E-state index is -4.44. The highest BCUT2D eigenvalue weighted by atomic mass is 19.4. The number of rotatable bonds is 1. The minimum Gasteiger partial charge on any atom is -0.351 e. The van der Waals surface area contributed by atoms with Gasteiger partial charge in [0.05, 0.1) is 5.56 Å². The van der Waals surface area contributed by atoms with Crippen LogP contribution in [0.15, 0.2) is 49.1 Å². The van der Waals surface area contributed by atoms with Gasteiger partial charge in [-0.15, -0.1) is 0 Å². The standard InChI is InChI=1S/C16H11F3N4/c1-22-6-5-12-11(3-2-4-14(12)22)13-7-10(16(17,18)19)8-23-15(13)20-9-21-23/h2-9H,1H3. The number of nitrogens with zero attached hydrogens (tertiary/aromatic N) is 4. The highest BCUT2D eigenvalue weighted by molar-refractivity contribution is 5.98. The number of halogens is 3. The summed E-state index contributed by atoms with van der Waals surface area (Å²) in [5.74, 6) is 0. The lowest BCUT2D eigenvalue weighted by Crippen LogP contribution is -2.07. The molecule has 0 aliphatic carbocycles. The summed E-state index contributed by atoms with van der Waals surface area (Å²) in [6.45, 7) is 0. The molecule has 0 aliphatic rings. The summed E-state index contributed by atoms with van der Waals surface area (Å²) in [5, 5.41) is 4.74. The van der Waals surface area contributed by atoms with Gasteiger partial charge in [0.1, 0.15) is 6.33 Å². The van der Waals surface area contributed by atoms with Crippen LogP contribution in [0.25, 0.3) is 27.7 Å². The molecule has 0 amide bonds. The Morgan fingerprint density at radius 3 is 2.70 bits per heavy atom. The van der Waals surface area contributed by atoms with Gasteiger partial charge < -0.3 is 4.57 Å². The zero-order valence-electron chi connectivity index (χ0n) is 12.0. The van der Waals surface area contributed by atoms with Gasteiger partial charge in [-0.2, -0.15) is 18.3 Å². The van der Waals surface area contributed by atoms with E-state index in [1.54, 1.807) is 6.07 Å². The molecule has 4 aromatic rings. The summed E-state index contributed by atoms with van der Waals surface area (Å²) in [6, 6.07) is 8.56. The second-order valence-corrected chi connectivity index (χ2v) is 5.33. The topological polar surface area (TPSA) is 35.1 Å². The number of hydrogen-bond donors (Lipinski definition) is 0. The van der Waals surface area contributed by atoms with Gasteiger partial charge in [-0.1, -0.05) is 12.1 Å². The third kappa shape index (κ3) is 2.08. The fraction of sp³-hybridized carbons (Fsp3) is 0.125. The molecule has 0 spiro atoms. The fourth-order valence-electron chi connectivity index (χ4n) is 2.82. The van der Waals surface area contributed by atoms with Gasteiger partial charge in [0, 0.05) is 35.9 Å². The van der Waals surface area contributed by atoms with Crippen LogP contribution in [0.5, 0.6) is 0 Å². The third-order valence-corrected chi connectivity index (χ3v) is 3.92. The molecule has 3 heterocycles. The van der Waals surface area contributed by atoms with Gasteiger partial charge >= 0.3 is 6.18 Å². The first-order chi connectivity index (χ1) is 10.9. The van der Waals surface area contributed by atoms with Crippen molar-refractivity contribution in [1.29, 1.82) is 0 Å². The molecule has 0 fully saturated rings. The zero-order chi connectivity index (χ0) is 16.2. The molecule has 7 heteroatoms. The van der Waals surface area contributed by atoms with Crippen molar-refractivity contribution in [3.05, 3.63) is 54.6 Å². The Bertz CT molecular complexity index is 1030. The lowest BCUT2D eigenvalue weighted by Gasteiger charge is -2.11. The molecule has 0 saturated carbocycles. The van der Waals surface area contributed by atoms with E-state index in [0.717, 1.165) is 23.2 Å². The van der Waals surface area contributed by atoms with E-state index in [4.69, 9.17) is 0 Å². The lowest BCUT2D eigenvalue weighted by atomic mass is 10.0. The van der Waals surface area contributed by atoms with Crippen molar-refractivity contribution in [2.45, 2.75) is 6.18 Å². The van der Waals surface area contributed by atoms with Crippen LogP contribution in [0.2, 0.25) is 0 Å². The Morgan fingerprint density at radius 2 is 1.91 bits per heavy atom. The molecule has 3 aromatic heterocycles. The summed E-state index contributed by atoms with van der Waals surface area (Å²) in [7, 11) is 1.89. The van der Waals surface area contributed by atoms with Crippen molar-refractivity contribution >= 4 is 16.6 Å². The van der Waals surface area contributed by atoms with Crippen molar-refractivity contribution in [3.63, 3.8) is 0 Å². The van der Waals surface area contributed by atoms with Crippen LogP contribution in [-0.4, -0.2) is 19.2 Å². The first-order valence-corrected chi connectivity index (χ1v) is 6.90. The van der Waals surface area contributed by atoms with Crippen LogP contribution in [0, 0.1) is 0 Å². The van der Waals surface area contributed by atoms with Gasteiger partial charge in [0.15, 0.2) is 5.65 Å². The van der Waals surface area contributed by atoms with E-state index in [9.17, 15) is 13.2 Å². The number of fused-ring (bicyclic) bond motifs is 2. The van der Waals surface area contributed by atoms with Crippen molar-refractivity contribution in [1.82, 2.24) is 19.2 Å². The van der Waals surface area contributed by atoms with Crippen LogP contribution in [0.4, 0.5) is 13.2 Å². The normalized spacial score (nSPS) is 12.3. The number of hydrogen-bond acceptors (Lipinski definition) is 2. The first-order valence-electron chi connectivity index (χ1n) is 6.90. The molecule has 0 N–H and O–H groups in total. The Labute approximate surface area is 128 Å². The van der Waals surface area contributed by atoms with Crippen LogP contribution in [0.1, 0.15) is 5.56 Å². The fourth-order valence-corrected chi connectivity index (χ4v) is 2.82. The summed E-state index contributed by atoms with van der Waals surface area (Å²) in [5.41, 5.74) is 1.70. The Morgan fingerprint density at radius 1 is 1.09 bits per heavy atom. The lowest BCUT2D eigenvalue weighted by molar-refractivity contribution is -0.137. The molecule has 23 heavy (non-hydrogen) atoms. The van der Waals surface area contributed by atoms with Crippen LogP contribution < -0.4 is 0 Å². The summed E-state index contributed by atoms with van der Waals surface area (Å²) < 4.78 is 42.6. The number of pyridine rings is 1. The predicted octanol–water partition coefficient (Wildman–Crippen LogP) is 3.91. The average molecular weight is 316 g/mol. The van der Waals surface area contributed by atoms with Crippen LogP contribution in [0.3, 0.4) is 0 Å². The molecular weight excluding hydrogens is 305 g/mol. The molecule has 0 saturated heterocycles. The number of aromatic nitrogens is 4. The number of aryl methyl sites for hydroxylation is 1. The van der Waals surface area contributed by atoms with Gasteiger partial charge in [-0.3, -0.25) is 0 Å². The smallest absolute Gasteiger partial charge is 0.351 e. The SMILES string of the molecule is Cn1ccc2c(-c3cc(C(F)(F)F)cn4ncnc34)cccc21. The summed E-state index contributed by atoms with van der Waals surface area (Å²) in [6.07, 6.45) is -0.358. The Kier molecular flexibility index (Phi) is 2.75. The predicted molar refractivity (Wildman–Crippen MR) is 79.9 cm³/mol. The quantitative estimate of drug-likeness (QED) is 0.534. The molecule has 4 nitrogen and oxygen atoms in total. The summed E-state index contributed by atoms with van der Waals surface area (Å²) >= 11 is 0. The Hall–Kier alpha value is -2.83. The van der Waals surface area contributed by atoms with Gasteiger partial charge in [0.2, 0.25) is 0 Å². The minimum absolute atomic E-state index is 0.398. The highest BCUT2D eigenvalue weighted by Crippen LogP contribution is 2.36. The molecule has 0 aliphatic heterocycles. The maximum absolute atomic E-state index is 13.2. The number of alkyl halides is 3. The van der Waals surface area contributed by atoms with E-state index in [1.165, 1.54) is 10.8 Å². The second-order valence-electron chi connectivity index (χ2n) is 5.33. The van der Waals surface area contributed by atoms with Crippen LogP contribution in [-0.2, 0) is 13.2 Å². The van der Waals surface area contributed by atoms with E-state index >= 15 is 0 Å². The van der Waals surface area contributed by atoms with Crippen molar-refractivity contribution in [3.8, 4) is 11.1 Å². The molecule has 0 radical (unpaired) electrons. The summed E-state index contributed by atoms with van der Waals surface area (Å²) in [4.78, 5) is 4.11. The van der Waals surface area contributed by atoms with E-state index in [1.807, 2.05) is 36.0 Å². The van der Waals surface area contributed by atoms with Crippen molar-refractivity contribution in [2.24, 2.45) is 7.05 Å². The van der Waals surface area contributed by atoms with E-state index in [0.29, 0.717) is 16.8 Å². The van der Waals surface area contributed by atoms with Crippen LogP contribution >= 0.6 is 0 Å². The van der Waals surface area contributed by atoms with Crippen molar-refractivity contribution in [2.75, 3.05) is 0 Å². The maximum atomic E-state index is 13.2. The van der Waals surface area contributed by atoms with Gasteiger partial charge in [-0.05, 0) is 23.8 Å². The van der Waals surface area contributed by atoms with E-state index < -0.39 is 11.7 Å². The van der Waals surface area contributed by atoms with Gasteiger partial charge in [0.25, 0.3) is 0 Å². The molecule has 116 valence electrons. The third-order valence-electron chi connectivity index (χ3n) is 3.92. The first kappa shape index (κ1) is 13.8. The van der Waals surface area contributed by atoms with Gasteiger partial charge in [-0.25, -0.2) is 9.50 Å². The molecule has 1 aromatic carbocycles. The monoisotopic (exact) mass is 316 g/mol. The molecule has 0 bridgehead atoms. The molecular formula is C16H11F3N4. The zero-order valence-corrected chi connectivity index (χ0v) is 12.0. The highest BCUT2D eigenvalue weighted by Gasteiger charge is 2.32. The van der Waals surface area contributed by atoms with Crippen molar-refractivity contribution < 1.29 is 13.2 Å². The largest absolute Gasteiger partial charge is 0.417 e.